The second kappa shape index (κ2) is 3.90. The van der Waals surface area contributed by atoms with Crippen molar-refractivity contribution in [1.82, 2.24) is 0 Å². The molecule has 1 fully saturated rings. The molecule has 66 valence electrons. The second-order valence-electron chi connectivity index (χ2n) is 4.14. The van der Waals surface area contributed by atoms with E-state index in [-0.39, 0.29) is 0 Å². The lowest BCUT2D eigenvalue weighted by Gasteiger charge is -2.33. The van der Waals surface area contributed by atoms with E-state index in [1.807, 2.05) is 0 Å². The Morgan fingerprint density at radius 2 is 1.64 bits per heavy atom. The number of hydrogen-bond acceptors (Lipinski definition) is 0. The molecule has 1 aliphatic heterocycles. The molecule has 11 heavy (non-hydrogen) atoms. The Bertz CT molecular complexity index is 112. The van der Waals surface area contributed by atoms with Crippen molar-refractivity contribution in [3.63, 3.8) is 0 Å². The quantitative estimate of drug-likeness (QED) is 0.559. The maximum absolute atomic E-state index is 2.45. The van der Waals surface area contributed by atoms with E-state index in [9.17, 15) is 0 Å². The van der Waals surface area contributed by atoms with Gasteiger partial charge in [-0.3, -0.25) is 0 Å². The Morgan fingerprint density at radius 3 is 1.91 bits per heavy atom. The molecule has 0 atom stereocenters. The minimum atomic E-state index is -0.443. The Morgan fingerprint density at radius 1 is 1.09 bits per heavy atom. The zero-order valence-electron chi connectivity index (χ0n) is 8.27. The smallest absolute Gasteiger partial charge is 0.0464 e. The number of hydrogen-bond donors (Lipinski definition) is 0. The SMILES string of the molecule is CC[P+]1(C(C)C)CCCCC1. The van der Waals surface area contributed by atoms with Gasteiger partial charge in [0.15, 0.2) is 0 Å². The minimum absolute atomic E-state index is 0.443. The van der Waals surface area contributed by atoms with E-state index in [4.69, 9.17) is 0 Å². The van der Waals surface area contributed by atoms with E-state index in [0.717, 1.165) is 5.66 Å². The molecule has 1 heteroatoms. The summed E-state index contributed by atoms with van der Waals surface area (Å²) in [5.74, 6) is 0. The molecule has 0 aromatic rings. The summed E-state index contributed by atoms with van der Waals surface area (Å²) < 4.78 is 0. The summed E-state index contributed by atoms with van der Waals surface area (Å²) in [6.45, 7) is 7.31. The Balaban J connectivity index is 2.57. The topological polar surface area (TPSA) is 0 Å². The predicted molar refractivity (Wildman–Crippen MR) is 56.2 cm³/mol. The maximum atomic E-state index is 2.45. The lowest BCUT2D eigenvalue weighted by atomic mass is 10.3. The van der Waals surface area contributed by atoms with Crippen LogP contribution < -0.4 is 0 Å². The van der Waals surface area contributed by atoms with Crippen molar-refractivity contribution < 1.29 is 0 Å². The van der Waals surface area contributed by atoms with Crippen molar-refractivity contribution in [2.45, 2.75) is 45.7 Å². The number of rotatable bonds is 2. The molecule has 0 aliphatic carbocycles. The minimum Gasteiger partial charge on any atom is -0.0464 e. The average molecular weight is 173 g/mol. The van der Waals surface area contributed by atoms with Gasteiger partial charge in [0, 0.05) is 7.26 Å². The third-order valence-electron chi connectivity index (χ3n) is 3.43. The summed E-state index contributed by atoms with van der Waals surface area (Å²) >= 11 is 0. The van der Waals surface area contributed by atoms with Gasteiger partial charge in [-0.05, 0) is 40.0 Å². The largest absolute Gasteiger partial charge is 0.0641 e. The maximum Gasteiger partial charge on any atom is 0.0641 e. The van der Waals surface area contributed by atoms with Crippen LogP contribution >= 0.6 is 7.26 Å². The van der Waals surface area contributed by atoms with Crippen molar-refractivity contribution in [2.24, 2.45) is 0 Å². The molecular formula is C10H22P+. The molecule has 0 radical (unpaired) electrons. The van der Waals surface area contributed by atoms with Crippen molar-refractivity contribution >= 4 is 7.26 Å². The Kier molecular flexibility index (Phi) is 3.37. The highest BCUT2D eigenvalue weighted by Crippen LogP contribution is 2.65. The fourth-order valence-corrected chi connectivity index (χ4v) is 6.67. The van der Waals surface area contributed by atoms with E-state index in [1.165, 1.54) is 25.4 Å². The van der Waals surface area contributed by atoms with Crippen LogP contribution in [-0.2, 0) is 0 Å². The van der Waals surface area contributed by atoms with Crippen molar-refractivity contribution in [3.05, 3.63) is 0 Å². The van der Waals surface area contributed by atoms with Crippen LogP contribution in [0.5, 0.6) is 0 Å². The summed E-state index contributed by atoms with van der Waals surface area (Å²) in [6, 6.07) is 0. The normalized spacial score (nSPS) is 24.0. The van der Waals surface area contributed by atoms with Crippen molar-refractivity contribution in [2.75, 3.05) is 18.5 Å². The molecule has 1 saturated heterocycles. The molecule has 0 unspecified atom stereocenters. The van der Waals surface area contributed by atoms with Crippen LogP contribution in [0.1, 0.15) is 40.0 Å². The first-order valence-electron chi connectivity index (χ1n) is 5.07. The van der Waals surface area contributed by atoms with Crippen LogP contribution in [0.15, 0.2) is 0 Å². The van der Waals surface area contributed by atoms with E-state index in [1.54, 1.807) is 12.3 Å². The first-order valence-corrected chi connectivity index (χ1v) is 7.48. The molecule has 0 nitrogen and oxygen atoms in total. The summed E-state index contributed by atoms with van der Waals surface area (Å²) in [5.41, 5.74) is 1.01. The van der Waals surface area contributed by atoms with Gasteiger partial charge in [-0.15, -0.1) is 0 Å². The first kappa shape index (κ1) is 9.52. The van der Waals surface area contributed by atoms with E-state index in [2.05, 4.69) is 20.8 Å². The van der Waals surface area contributed by atoms with Crippen LogP contribution in [-0.4, -0.2) is 24.1 Å². The highest BCUT2D eigenvalue weighted by atomic mass is 31.2. The van der Waals surface area contributed by atoms with Gasteiger partial charge in [0.1, 0.15) is 0 Å². The van der Waals surface area contributed by atoms with Gasteiger partial charge < -0.3 is 0 Å². The van der Waals surface area contributed by atoms with Crippen LogP contribution in [0.2, 0.25) is 0 Å². The molecule has 0 saturated carbocycles. The summed E-state index contributed by atoms with van der Waals surface area (Å²) in [5, 5.41) is 0. The fraction of sp³-hybridized carbons (Fsp3) is 1.00. The van der Waals surface area contributed by atoms with E-state index >= 15 is 0 Å². The molecule has 0 aromatic carbocycles. The Labute approximate surface area is 72.1 Å². The standard InChI is InChI=1S/C10H22P/c1-4-11(10(2)3)8-6-5-7-9-11/h10H,4-9H2,1-3H3/q+1. The van der Waals surface area contributed by atoms with Gasteiger partial charge in [0.2, 0.25) is 0 Å². The van der Waals surface area contributed by atoms with Crippen LogP contribution in [0.25, 0.3) is 0 Å². The van der Waals surface area contributed by atoms with Crippen LogP contribution in [0.3, 0.4) is 0 Å². The molecule has 0 N–H and O–H groups in total. The second-order valence-corrected chi connectivity index (χ2v) is 9.13. The van der Waals surface area contributed by atoms with Crippen molar-refractivity contribution in [3.8, 4) is 0 Å². The average Bonchev–Trinajstić information content (AvgIpc) is 2.05. The molecule has 1 aliphatic rings. The summed E-state index contributed by atoms with van der Waals surface area (Å²) in [4.78, 5) is 0. The van der Waals surface area contributed by atoms with Gasteiger partial charge >= 0.3 is 0 Å². The zero-order valence-corrected chi connectivity index (χ0v) is 9.16. The monoisotopic (exact) mass is 173 g/mol. The molecule has 1 heterocycles. The van der Waals surface area contributed by atoms with Gasteiger partial charge in [-0.25, -0.2) is 0 Å². The van der Waals surface area contributed by atoms with E-state index < -0.39 is 7.26 Å². The van der Waals surface area contributed by atoms with Crippen LogP contribution in [0.4, 0.5) is 0 Å². The van der Waals surface area contributed by atoms with Crippen LogP contribution in [0, 0.1) is 0 Å². The molecule has 0 bridgehead atoms. The molecule has 0 aromatic heterocycles. The summed E-state index contributed by atoms with van der Waals surface area (Å²) in [6.07, 6.45) is 9.26. The van der Waals surface area contributed by atoms with Gasteiger partial charge in [-0.1, -0.05) is 0 Å². The third-order valence-corrected chi connectivity index (χ3v) is 9.30. The molecule has 0 spiro atoms. The van der Waals surface area contributed by atoms with Gasteiger partial charge in [-0.2, -0.15) is 0 Å². The van der Waals surface area contributed by atoms with Crippen molar-refractivity contribution in [1.29, 1.82) is 0 Å². The molecular weight excluding hydrogens is 151 g/mol. The third kappa shape index (κ3) is 1.96. The lowest BCUT2D eigenvalue weighted by molar-refractivity contribution is 0.733. The highest BCUT2D eigenvalue weighted by molar-refractivity contribution is 7.76. The van der Waals surface area contributed by atoms with Gasteiger partial charge in [0.05, 0.1) is 24.1 Å². The predicted octanol–water partition coefficient (Wildman–Crippen LogP) is 3.62. The van der Waals surface area contributed by atoms with Gasteiger partial charge in [0.25, 0.3) is 0 Å². The Hall–Kier alpha value is 0.430. The summed E-state index contributed by atoms with van der Waals surface area (Å²) in [7, 11) is -0.443. The van der Waals surface area contributed by atoms with E-state index in [0.29, 0.717) is 0 Å². The fourth-order valence-electron chi connectivity index (χ4n) is 2.34. The highest BCUT2D eigenvalue weighted by Gasteiger charge is 2.39. The first-order chi connectivity index (χ1) is 5.21. The lowest BCUT2D eigenvalue weighted by Crippen LogP contribution is -2.19. The molecule has 0 amide bonds. The molecule has 1 rings (SSSR count). The zero-order chi connectivity index (χ0) is 8.32.